The van der Waals surface area contributed by atoms with E-state index in [2.05, 4.69) is 57.5 Å². The predicted molar refractivity (Wildman–Crippen MR) is 83.8 cm³/mol. The molecule has 0 aliphatic rings. The summed E-state index contributed by atoms with van der Waals surface area (Å²) in [5.41, 5.74) is 0. The van der Waals surface area contributed by atoms with Crippen molar-refractivity contribution in [2.45, 2.75) is 41.5 Å². The molecule has 0 amide bonds. The number of hydrogen-bond acceptors (Lipinski definition) is 3. The lowest BCUT2D eigenvalue weighted by Gasteiger charge is -1.86. The molecule has 3 N–H and O–H groups in total. The van der Waals surface area contributed by atoms with Crippen LogP contribution in [0.4, 0.5) is 0 Å². The Kier molecular flexibility index (Phi) is 57.0. The molecule has 0 saturated carbocycles. The molecule has 0 spiro atoms. The van der Waals surface area contributed by atoms with Crippen LogP contribution >= 0.6 is 9.90 Å². The van der Waals surface area contributed by atoms with Gasteiger partial charge in [-0.2, -0.15) is 9.90 Å². The summed E-state index contributed by atoms with van der Waals surface area (Å²) in [5, 5.41) is 9.33. The normalized spacial score (nSPS) is 7.88. The van der Waals surface area contributed by atoms with Crippen molar-refractivity contribution in [2.75, 3.05) is 39.3 Å². The fourth-order valence-electron chi connectivity index (χ4n) is 0.750. The molecule has 0 bridgehead atoms. The van der Waals surface area contributed by atoms with E-state index in [0.29, 0.717) is 0 Å². The number of hydrogen-bond donors (Lipinski definition) is 3. The predicted octanol–water partition coefficient (Wildman–Crippen LogP) is 1.91. The van der Waals surface area contributed by atoms with E-state index in [9.17, 15) is 0 Å². The third kappa shape index (κ3) is 63.7. The molecule has 0 saturated heterocycles. The van der Waals surface area contributed by atoms with Gasteiger partial charge in [0.05, 0.1) is 0 Å². The Labute approximate surface area is 107 Å². The second kappa shape index (κ2) is 36.2. The van der Waals surface area contributed by atoms with E-state index >= 15 is 0 Å². The monoisotopic (exact) mass is 253 g/mol. The first-order chi connectivity index (χ1) is 7.24. The third-order valence-corrected chi connectivity index (χ3v) is 1.50. The Hall–Kier alpha value is 0.310. The molecular formula is C12H36N3P. The van der Waals surface area contributed by atoms with Crippen LogP contribution in [0.2, 0.25) is 0 Å². The molecule has 0 aromatic carbocycles. The van der Waals surface area contributed by atoms with Gasteiger partial charge in [0.1, 0.15) is 0 Å². The molecular weight excluding hydrogens is 217 g/mol. The molecule has 0 radical (unpaired) electrons. The van der Waals surface area contributed by atoms with Crippen LogP contribution in [-0.2, 0) is 0 Å². The topological polar surface area (TPSA) is 36.1 Å². The highest BCUT2D eigenvalue weighted by Gasteiger charge is 1.63. The average Bonchev–Trinajstić information content (AvgIpc) is 2.23. The highest BCUT2D eigenvalue weighted by Crippen LogP contribution is 1.48. The van der Waals surface area contributed by atoms with E-state index in [4.69, 9.17) is 0 Å². The molecule has 1 unspecified atom stereocenters. The standard InChI is InChI=1S/3C4H11N.H3P/c3*1-3-5-4-2;/h3*5H,3-4H2,1-2H3;1H3. The second-order valence-electron chi connectivity index (χ2n) is 2.87. The van der Waals surface area contributed by atoms with Crippen molar-refractivity contribution >= 4 is 9.90 Å². The fraction of sp³-hybridized carbons (Fsp3) is 1.00. The van der Waals surface area contributed by atoms with Crippen LogP contribution in [0.15, 0.2) is 0 Å². The Morgan fingerprint density at radius 2 is 0.562 bits per heavy atom. The molecule has 16 heavy (non-hydrogen) atoms. The maximum absolute atomic E-state index is 3.11. The van der Waals surface area contributed by atoms with E-state index in [1.165, 1.54) is 0 Å². The molecule has 0 rings (SSSR count). The first kappa shape index (κ1) is 25.2. The van der Waals surface area contributed by atoms with Crippen molar-refractivity contribution in [1.29, 1.82) is 0 Å². The summed E-state index contributed by atoms with van der Waals surface area (Å²) in [6.45, 7) is 19.2. The van der Waals surface area contributed by atoms with Gasteiger partial charge in [-0.05, 0) is 39.3 Å². The summed E-state index contributed by atoms with van der Waals surface area (Å²) in [6, 6.07) is 0. The third-order valence-electron chi connectivity index (χ3n) is 1.50. The Morgan fingerprint density at radius 3 is 0.562 bits per heavy atom. The molecule has 0 aliphatic heterocycles. The largest absolute Gasteiger partial charge is 0.317 e. The first-order valence-corrected chi connectivity index (χ1v) is 6.36. The van der Waals surface area contributed by atoms with Gasteiger partial charge in [0, 0.05) is 0 Å². The van der Waals surface area contributed by atoms with Gasteiger partial charge in [-0.25, -0.2) is 0 Å². The minimum atomic E-state index is 0. The van der Waals surface area contributed by atoms with Crippen LogP contribution < -0.4 is 16.0 Å². The highest BCUT2D eigenvalue weighted by atomic mass is 31.0. The Bertz CT molecular complexity index is 53.0. The lowest BCUT2D eigenvalue weighted by Crippen LogP contribution is -2.09. The highest BCUT2D eigenvalue weighted by molar-refractivity contribution is 6.92. The molecule has 3 nitrogen and oxygen atoms in total. The van der Waals surface area contributed by atoms with Crippen LogP contribution in [0.25, 0.3) is 0 Å². The van der Waals surface area contributed by atoms with Gasteiger partial charge in [-0.3, -0.25) is 0 Å². The lowest BCUT2D eigenvalue weighted by molar-refractivity contribution is 0.762. The fourth-order valence-corrected chi connectivity index (χ4v) is 0.750. The SMILES string of the molecule is CCNCC.CCNCC.CCNCC.P. The minimum absolute atomic E-state index is 0. The van der Waals surface area contributed by atoms with E-state index < -0.39 is 0 Å². The van der Waals surface area contributed by atoms with Gasteiger partial charge in [0.2, 0.25) is 0 Å². The smallest absolute Gasteiger partial charge is 0.00775 e. The first-order valence-electron chi connectivity index (χ1n) is 6.36. The summed E-state index contributed by atoms with van der Waals surface area (Å²) in [6.07, 6.45) is 0. The maximum atomic E-state index is 3.11. The van der Waals surface area contributed by atoms with Crippen molar-refractivity contribution in [1.82, 2.24) is 16.0 Å². The van der Waals surface area contributed by atoms with E-state index in [1.54, 1.807) is 0 Å². The van der Waals surface area contributed by atoms with Crippen LogP contribution in [0.1, 0.15) is 41.5 Å². The van der Waals surface area contributed by atoms with Gasteiger partial charge in [0.15, 0.2) is 0 Å². The van der Waals surface area contributed by atoms with E-state index in [1.807, 2.05) is 0 Å². The molecule has 4 heteroatoms. The van der Waals surface area contributed by atoms with Crippen LogP contribution in [0.3, 0.4) is 0 Å². The number of nitrogens with one attached hydrogen (secondary N) is 3. The molecule has 1 atom stereocenters. The van der Waals surface area contributed by atoms with Crippen molar-refractivity contribution in [3.63, 3.8) is 0 Å². The Balaban J connectivity index is -0.0000000655. The molecule has 0 aromatic heterocycles. The Morgan fingerprint density at radius 1 is 0.438 bits per heavy atom. The van der Waals surface area contributed by atoms with Crippen molar-refractivity contribution < 1.29 is 0 Å². The maximum Gasteiger partial charge on any atom is -0.00775 e. The van der Waals surface area contributed by atoms with E-state index in [0.717, 1.165) is 39.3 Å². The zero-order valence-corrected chi connectivity index (χ0v) is 13.9. The second-order valence-corrected chi connectivity index (χ2v) is 2.87. The minimum Gasteiger partial charge on any atom is -0.317 e. The molecule has 0 fully saturated rings. The molecule has 0 aliphatic carbocycles. The van der Waals surface area contributed by atoms with Gasteiger partial charge >= 0.3 is 0 Å². The van der Waals surface area contributed by atoms with Crippen LogP contribution in [0.5, 0.6) is 0 Å². The number of rotatable bonds is 6. The van der Waals surface area contributed by atoms with Crippen molar-refractivity contribution in [2.24, 2.45) is 0 Å². The summed E-state index contributed by atoms with van der Waals surface area (Å²) in [7, 11) is 0. The summed E-state index contributed by atoms with van der Waals surface area (Å²) in [5.74, 6) is 0. The summed E-state index contributed by atoms with van der Waals surface area (Å²) in [4.78, 5) is 0. The zero-order chi connectivity index (χ0) is 12.4. The van der Waals surface area contributed by atoms with Crippen molar-refractivity contribution in [3.8, 4) is 0 Å². The van der Waals surface area contributed by atoms with Crippen LogP contribution in [-0.4, -0.2) is 39.3 Å². The van der Waals surface area contributed by atoms with Gasteiger partial charge in [-0.15, -0.1) is 0 Å². The molecule has 104 valence electrons. The van der Waals surface area contributed by atoms with Crippen LogP contribution in [0, 0.1) is 0 Å². The van der Waals surface area contributed by atoms with Gasteiger partial charge < -0.3 is 16.0 Å². The molecule has 0 heterocycles. The molecule has 0 aromatic rings. The van der Waals surface area contributed by atoms with E-state index in [-0.39, 0.29) is 9.90 Å². The average molecular weight is 253 g/mol. The quantitative estimate of drug-likeness (QED) is 0.633. The van der Waals surface area contributed by atoms with Gasteiger partial charge in [-0.1, -0.05) is 41.5 Å². The summed E-state index contributed by atoms with van der Waals surface area (Å²) >= 11 is 0. The zero-order valence-electron chi connectivity index (χ0n) is 12.4. The van der Waals surface area contributed by atoms with Crippen molar-refractivity contribution in [3.05, 3.63) is 0 Å². The lowest BCUT2D eigenvalue weighted by atomic mass is 10.7. The van der Waals surface area contributed by atoms with Gasteiger partial charge in [0.25, 0.3) is 0 Å². The summed E-state index contributed by atoms with van der Waals surface area (Å²) < 4.78 is 0.